The molecule has 0 aliphatic rings. The number of carbonyl (C=O) groups is 1. The van der Waals surface area contributed by atoms with Gasteiger partial charge in [-0.25, -0.2) is 4.79 Å². The van der Waals surface area contributed by atoms with Crippen molar-refractivity contribution in [3.63, 3.8) is 0 Å². The standard InChI is InChI=1S/C14H11NO3/c16-14(17)12-8-6-11(7-9-12)10-15(18)13-4-2-1-3-5-13/h1-10H,(H,16,17)/b15-10-. The second-order valence-corrected chi connectivity index (χ2v) is 3.72. The highest BCUT2D eigenvalue weighted by molar-refractivity contribution is 5.88. The van der Waals surface area contributed by atoms with Crippen molar-refractivity contribution < 1.29 is 14.6 Å². The maximum atomic E-state index is 11.8. The molecule has 0 spiro atoms. The van der Waals surface area contributed by atoms with Gasteiger partial charge in [0.2, 0.25) is 5.69 Å². The van der Waals surface area contributed by atoms with Gasteiger partial charge in [0.05, 0.1) is 5.56 Å². The van der Waals surface area contributed by atoms with Crippen molar-refractivity contribution in [2.45, 2.75) is 0 Å². The van der Waals surface area contributed by atoms with Crippen LogP contribution >= 0.6 is 0 Å². The van der Waals surface area contributed by atoms with Gasteiger partial charge < -0.3 is 10.3 Å². The van der Waals surface area contributed by atoms with E-state index in [2.05, 4.69) is 0 Å². The summed E-state index contributed by atoms with van der Waals surface area (Å²) in [7, 11) is 0. The van der Waals surface area contributed by atoms with E-state index in [0.717, 1.165) is 4.74 Å². The van der Waals surface area contributed by atoms with E-state index in [-0.39, 0.29) is 5.56 Å². The monoisotopic (exact) mass is 241 g/mol. The minimum Gasteiger partial charge on any atom is -0.618 e. The van der Waals surface area contributed by atoms with Crippen LogP contribution in [0.2, 0.25) is 0 Å². The lowest BCUT2D eigenvalue weighted by Gasteiger charge is -2.02. The lowest BCUT2D eigenvalue weighted by atomic mass is 10.1. The van der Waals surface area contributed by atoms with E-state index in [0.29, 0.717) is 11.3 Å². The van der Waals surface area contributed by atoms with Gasteiger partial charge >= 0.3 is 5.97 Å². The average Bonchev–Trinajstić information content (AvgIpc) is 2.40. The first-order valence-corrected chi connectivity index (χ1v) is 5.36. The number of para-hydroxylation sites is 1. The molecule has 1 N–H and O–H groups in total. The van der Waals surface area contributed by atoms with Crippen molar-refractivity contribution >= 4 is 17.9 Å². The van der Waals surface area contributed by atoms with Crippen molar-refractivity contribution in [2.75, 3.05) is 0 Å². The lowest BCUT2D eigenvalue weighted by molar-refractivity contribution is -0.354. The molecule has 0 radical (unpaired) electrons. The maximum Gasteiger partial charge on any atom is 0.335 e. The van der Waals surface area contributed by atoms with Crippen LogP contribution in [0.1, 0.15) is 15.9 Å². The van der Waals surface area contributed by atoms with Crippen LogP contribution in [0.3, 0.4) is 0 Å². The van der Waals surface area contributed by atoms with E-state index in [1.54, 1.807) is 36.4 Å². The summed E-state index contributed by atoms with van der Waals surface area (Å²) in [5.74, 6) is -0.983. The van der Waals surface area contributed by atoms with Crippen LogP contribution in [0.5, 0.6) is 0 Å². The Morgan fingerprint density at radius 2 is 1.67 bits per heavy atom. The minimum atomic E-state index is -0.983. The Morgan fingerprint density at radius 1 is 1.06 bits per heavy atom. The highest BCUT2D eigenvalue weighted by Gasteiger charge is 2.03. The fourth-order valence-electron chi connectivity index (χ4n) is 1.50. The zero-order valence-electron chi connectivity index (χ0n) is 9.48. The van der Waals surface area contributed by atoms with E-state index < -0.39 is 5.97 Å². The number of carboxylic acids is 1. The van der Waals surface area contributed by atoms with Crippen LogP contribution in [-0.2, 0) is 0 Å². The van der Waals surface area contributed by atoms with Crippen molar-refractivity contribution in [3.05, 3.63) is 70.9 Å². The van der Waals surface area contributed by atoms with Crippen molar-refractivity contribution in [1.82, 2.24) is 0 Å². The normalized spacial score (nSPS) is 11.2. The molecule has 4 heteroatoms. The van der Waals surface area contributed by atoms with Gasteiger partial charge in [-0.1, -0.05) is 18.2 Å². The van der Waals surface area contributed by atoms with E-state index >= 15 is 0 Å². The van der Waals surface area contributed by atoms with Gasteiger partial charge in [-0.2, -0.15) is 4.74 Å². The number of hydrogen-bond acceptors (Lipinski definition) is 2. The third-order valence-electron chi connectivity index (χ3n) is 2.43. The highest BCUT2D eigenvalue weighted by atomic mass is 16.5. The number of carboxylic acid groups (broad SMARTS) is 1. The number of rotatable bonds is 3. The molecule has 90 valence electrons. The Bertz CT molecular complexity index is 574. The molecule has 0 aromatic heterocycles. The first-order valence-electron chi connectivity index (χ1n) is 5.36. The molecule has 0 saturated carbocycles. The summed E-state index contributed by atoms with van der Waals surface area (Å²) in [6.45, 7) is 0. The molecule has 2 rings (SSSR count). The minimum absolute atomic E-state index is 0.198. The molecule has 0 atom stereocenters. The molecular weight excluding hydrogens is 230 g/mol. The van der Waals surface area contributed by atoms with Gasteiger partial charge in [0.1, 0.15) is 0 Å². The Balaban J connectivity index is 2.25. The second-order valence-electron chi connectivity index (χ2n) is 3.72. The zero-order chi connectivity index (χ0) is 13.0. The van der Waals surface area contributed by atoms with Crippen molar-refractivity contribution in [3.8, 4) is 0 Å². The topological polar surface area (TPSA) is 63.4 Å². The molecule has 18 heavy (non-hydrogen) atoms. The van der Waals surface area contributed by atoms with E-state index in [4.69, 9.17) is 5.11 Å². The summed E-state index contributed by atoms with van der Waals surface area (Å²) in [5, 5.41) is 20.5. The SMILES string of the molecule is O=C(O)c1ccc(/C=[N+](\[O-])c2ccccc2)cc1. The molecule has 0 fully saturated rings. The quantitative estimate of drug-likeness (QED) is 0.389. The summed E-state index contributed by atoms with van der Waals surface area (Å²) in [5.41, 5.74) is 1.38. The fourth-order valence-corrected chi connectivity index (χ4v) is 1.50. The number of aromatic carboxylic acids is 1. The fraction of sp³-hybridized carbons (Fsp3) is 0. The van der Waals surface area contributed by atoms with Crippen LogP contribution in [0.25, 0.3) is 0 Å². The first-order chi connectivity index (χ1) is 8.66. The van der Waals surface area contributed by atoms with E-state index in [9.17, 15) is 10.0 Å². The van der Waals surface area contributed by atoms with Gasteiger partial charge in [-0.3, -0.25) is 0 Å². The summed E-state index contributed by atoms with van der Waals surface area (Å²) >= 11 is 0. The van der Waals surface area contributed by atoms with Crippen molar-refractivity contribution in [2.24, 2.45) is 0 Å². The molecule has 0 bridgehead atoms. The van der Waals surface area contributed by atoms with Gasteiger partial charge in [-0.05, 0) is 24.3 Å². The number of nitrogens with zero attached hydrogens (tertiary/aromatic N) is 1. The largest absolute Gasteiger partial charge is 0.618 e. The van der Waals surface area contributed by atoms with Gasteiger partial charge in [0.25, 0.3) is 0 Å². The molecule has 2 aromatic carbocycles. The summed E-state index contributed by atoms with van der Waals surface area (Å²) in [6, 6.07) is 14.9. The molecule has 2 aromatic rings. The Kier molecular flexibility index (Phi) is 3.38. The summed E-state index contributed by atoms with van der Waals surface area (Å²) in [4.78, 5) is 10.7. The van der Waals surface area contributed by atoms with E-state index in [1.807, 2.05) is 6.07 Å². The average molecular weight is 241 g/mol. The highest BCUT2D eigenvalue weighted by Crippen LogP contribution is 2.09. The van der Waals surface area contributed by atoms with Gasteiger partial charge in [0, 0.05) is 17.7 Å². The second kappa shape index (κ2) is 5.14. The molecule has 0 aliphatic carbocycles. The van der Waals surface area contributed by atoms with Crippen LogP contribution in [0.4, 0.5) is 5.69 Å². The molecule has 0 saturated heterocycles. The number of benzene rings is 2. The summed E-state index contributed by atoms with van der Waals surface area (Å²) < 4.78 is 0.746. The Hall–Kier alpha value is -2.62. The van der Waals surface area contributed by atoms with Crippen LogP contribution in [-0.4, -0.2) is 22.0 Å². The van der Waals surface area contributed by atoms with E-state index in [1.165, 1.54) is 18.3 Å². The maximum absolute atomic E-state index is 11.8. The van der Waals surface area contributed by atoms with Gasteiger partial charge in [0.15, 0.2) is 6.21 Å². The third kappa shape index (κ3) is 2.74. The molecule has 0 amide bonds. The molecule has 0 unspecified atom stereocenters. The third-order valence-corrected chi connectivity index (χ3v) is 2.43. The molecule has 0 aliphatic heterocycles. The van der Waals surface area contributed by atoms with Crippen molar-refractivity contribution in [1.29, 1.82) is 0 Å². The Morgan fingerprint density at radius 3 is 2.22 bits per heavy atom. The smallest absolute Gasteiger partial charge is 0.335 e. The Labute approximate surface area is 104 Å². The van der Waals surface area contributed by atoms with Gasteiger partial charge in [-0.15, -0.1) is 0 Å². The lowest BCUT2D eigenvalue weighted by Crippen LogP contribution is -2.00. The zero-order valence-corrected chi connectivity index (χ0v) is 9.48. The molecule has 0 heterocycles. The summed E-state index contributed by atoms with van der Waals surface area (Å²) in [6.07, 6.45) is 1.40. The first kappa shape index (κ1) is 11.9. The predicted molar refractivity (Wildman–Crippen MR) is 68.3 cm³/mol. The molecule has 4 nitrogen and oxygen atoms in total. The number of hydrogen-bond donors (Lipinski definition) is 1. The van der Waals surface area contributed by atoms with Crippen LogP contribution in [0, 0.1) is 5.21 Å². The van der Waals surface area contributed by atoms with Crippen LogP contribution < -0.4 is 0 Å². The predicted octanol–water partition coefficient (Wildman–Crippen LogP) is 2.65. The van der Waals surface area contributed by atoms with Crippen LogP contribution in [0.15, 0.2) is 54.6 Å². The molecular formula is C14H11NO3.